The molecule has 0 bridgehead atoms. The van der Waals surface area contributed by atoms with Gasteiger partial charge >= 0.3 is 0 Å². The molecule has 1 heterocycles. The Morgan fingerprint density at radius 2 is 2.05 bits per heavy atom. The highest BCUT2D eigenvalue weighted by Gasteiger charge is 2.28. The summed E-state index contributed by atoms with van der Waals surface area (Å²) in [6.07, 6.45) is 5.63. The SMILES string of the molecule is CC(C)(CN[C@@H]1CCCOc2cc3c(cc21)CCC3)C(N)=O. The van der Waals surface area contributed by atoms with Crippen molar-refractivity contribution in [3.05, 3.63) is 28.8 Å². The number of aryl methyl sites for hydroxylation is 2. The van der Waals surface area contributed by atoms with Gasteiger partial charge in [-0.2, -0.15) is 0 Å². The summed E-state index contributed by atoms with van der Waals surface area (Å²) in [7, 11) is 0. The molecule has 1 atom stereocenters. The molecule has 0 spiro atoms. The number of ether oxygens (including phenoxy) is 1. The fraction of sp³-hybridized carbons (Fsp3) is 0.611. The van der Waals surface area contributed by atoms with Crippen LogP contribution in [-0.4, -0.2) is 19.1 Å². The van der Waals surface area contributed by atoms with E-state index in [1.165, 1.54) is 36.0 Å². The standard InChI is InChI=1S/C18H26N2O2/c1-18(2,17(19)21)11-20-15-7-4-8-22-16-10-13-6-3-5-12(13)9-14(15)16/h9-10,15,20H,3-8,11H2,1-2H3,(H2,19,21)/t15-/m1/s1. The predicted octanol–water partition coefficient (Wildman–Crippen LogP) is 2.49. The molecule has 1 aliphatic heterocycles. The Balaban J connectivity index is 1.83. The summed E-state index contributed by atoms with van der Waals surface area (Å²) in [5.41, 5.74) is 9.10. The van der Waals surface area contributed by atoms with Crippen LogP contribution in [0.5, 0.6) is 5.75 Å². The van der Waals surface area contributed by atoms with Gasteiger partial charge in [-0.25, -0.2) is 0 Å². The number of hydrogen-bond donors (Lipinski definition) is 2. The van der Waals surface area contributed by atoms with E-state index in [1.54, 1.807) is 0 Å². The summed E-state index contributed by atoms with van der Waals surface area (Å²) in [6, 6.07) is 4.79. The smallest absolute Gasteiger partial charge is 0.224 e. The molecule has 1 amide bonds. The van der Waals surface area contributed by atoms with Crippen molar-refractivity contribution in [1.29, 1.82) is 0 Å². The Hall–Kier alpha value is -1.55. The van der Waals surface area contributed by atoms with Crippen LogP contribution in [0.4, 0.5) is 0 Å². The number of nitrogens with two attached hydrogens (primary N) is 1. The lowest BCUT2D eigenvalue weighted by atomic mass is 9.91. The minimum atomic E-state index is -0.538. The van der Waals surface area contributed by atoms with E-state index in [-0.39, 0.29) is 11.9 Å². The molecule has 22 heavy (non-hydrogen) atoms. The van der Waals surface area contributed by atoms with Crippen molar-refractivity contribution in [1.82, 2.24) is 5.32 Å². The predicted molar refractivity (Wildman–Crippen MR) is 86.9 cm³/mol. The molecule has 4 heteroatoms. The molecule has 4 nitrogen and oxygen atoms in total. The zero-order valence-corrected chi connectivity index (χ0v) is 13.6. The highest BCUT2D eigenvalue weighted by molar-refractivity contribution is 5.80. The third-order valence-electron chi connectivity index (χ3n) is 4.95. The highest BCUT2D eigenvalue weighted by Crippen LogP contribution is 2.37. The summed E-state index contributed by atoms with van der Waals surface area (Å²) < 4.78 is 5.95. The average molecular weight is 302 g/mol. The number of rotatable bonds is 4. The number of carbonyl (C=O) groups excluding carboxylic acids is 1. The van der Waals surface area contributed by atoms with E-state index < -0.39 is 5.41 Å². The van der Waals surface area contributed by atoms with Crippen molar-refractivity contribution < 1.29 is 9.53 Å². The van der Waals surface area contributed by atoms with Gasteiger partial charge in [-0.15, -0.1) is 0 Å². The van der Waals surface area contributed by atoms with E-state index in [4.69, 9.17) is 10.5 Å². The van der Waals surface area contributed by atoms with Crippen LogP contribution in [0, 0.1) is 5.41 Å². The minimum absolute atomic E-state index is 0.238. The number of fused-ring (bicyclic) bond motifs is 2. The fourth-order valence-electron chi connectivity index (χ4n) is 3.32. The van der Waals surface area contributed by atoms with Gasteiger partial charge in [-0.3, -0.25) is 4.79 Å². The number of carbonyl (C=O) groups is 1. The monoisotopic (exact) mass is 302 g/mol. The summed E-state index contributed by atoms with van der Waals surface area (Å²) >= 11 is 0. The minimum Gasteiger partial charge on any atom is -0.493 e. The maximum atomic E-state index is 11.5. The average Bonchev–Trinajstić information content (AvgIpc) is 2.83. The van der Waals surface area contributed by atoms with Crippen LogP contribution in [0.3, 0.4) is 0 Å². The molecule has 3 N–H and O–H groups in total. The van der Waals surface area contributed by atoms with E-state index in [9.17, 15) is 4.79 Å². The molecule has 0 saturated carbocycles. The first-order valence-electron chi connectivity index (χ1n) is 8.29. The van der Waals surface area contributed by atoms with Crippen LogP contribution in [0.2, 0.25) is 0 Å². The molecule has 3 rings (SSSR count). The molecular formula is C18H26N2O2. The molecule has 0 aromatic heterocycles. The van der Waals surface area contributed by atoms with Gasteiger partial charge in [0.1, 0.15) is 5.75 Å². The molecule has 2 aliphatic rings. The zero-order valence-electron chi connectivity index (χ0n) is 13.6. The third-order valence-corrected chi connectivity index (χ3v) is 4.95. The van der Waals surface area contributed by atoms with Crippen molar-refractivity contribution in [2.24, 2.45) is 11.1 Å². The van der Waals surface area contributed by atoms with E-state index in [1.807, 2.05) is 13.8 Å². The topological polar surface area (TPSA) is 64.3 Å². The second-order valence-corrected chi connectivity index (χ2v) is 7.18. The number of primary amides is 1. The highest BCUT2D eigenvalue weighted by atomic mass is 16.5. The van der Waals surface area contributed by atoms with Crippen molar-refractivity contribution in [2.75, 3.05) is 13.2 Å². The third kappa shape index (κ3) is 2.98. The molecule has 0 saturated heterocycles. The summed E-state index contributed by atoms with van der Waals surface area (Å²) in [6.45, 7) is 5.13. The molecule has 120 valence electrons. The maximum absolute atomic E-state index is 11.5. The lowest BCUT2D eigenvalue weighted by molar-refractivity contribution is -0.125. The maximum Gasteiger partial charge on any atom is 0.224 e. The Bertz CT molecular complexity index is 581. The summed E-state index contributed by atoms with van der Waals surface area (Å²) in [4.78, 5) is 11.5. The van der Waals surface area contributed by atoms with Crippen LogP contribution in [-0.2, 0) is 17.6 Å². The number of amides is 1. The van der Waals surface area contributed by atoms with Crippen molar-refractivity contribution >= 4 is 5.91 Å². The summed E-state index contributed by atoms with van der Waals surface area (Å²) in [5.74, 6) is 0.756. The quantitative estimate of drug-likeness (QED) is 0.898. The van der Waals surface area contributed by atoms with Gasteiger partial charge in [0.05, 0.1) is 12.0 Å². The van der Waals surface area contributed by atoms with Crippen LogP contribution in [0.15, 0.2) is 12.1 Å². The molecule has 1 aliphatic carbocycles. The van der Waals surface area contributed by atoms with E-state index in [0.29, 0.717) is 6.54 Å². The lowest BCUT2D eigenvalue weighted by Crippen LogP contribution is -2.41. The van der Waals surface area contributed by atoms with Gasteiger partial charge in [0, 0.05) is 18.2 Å². The van der Waals surface area contributed by atoms with Crippen LogP contribution < -0.4 is 15.8 Å². The van der Waals surface area contributed by atoms with Crippen LogP contribution in [0.25, 0.3) is 0 Å². The zero-order chi connectivity index (χ0) is 15.7. The van der Waals surface area contributed by atoms with Gasteiger partial charge in [0.2, 0.25) is 5.91 Å². The fourth-order valence-corrected chi connectivity index (χ4v) is 3.32. The van der Waals surface area contributed by atoms with Crippen molar-refractivity contribution in [2.45, 2.75) is 52.0 Å². The van der Waals surface area contributed by atoms with Gasteiger partial charge in [0.25, 0.3) is 0 Å². The second kappa shape index (κ2) is 5.92. The lowest BCUT2D eigenvalue weighted by Gasteiger charge is -2.26. The van der Waals surface area contributed by atoms with E-state index in [0.717, 1.165) is 25.2 Å². The molecular weight excluding hydrogens is 276 g/mol. The number of nitrogens with one attached hydrogen (secondary N) is 1. The first-order chi connectivity index (χ1) is 10.5. The van der Waals surface area contributed by atoms with Crippen molar-refractivity contribution in [3.63, 3.8) is 0 Å². The number of benzene rings is 1. The first-order valence-corrected chi connectivity index (χ1v) is 8.29. The van der Waals surface area contributed by atoms with Crippen LogP contribution in [0.1, 0.15) is 55.8 Å². The van der Waals surface area contributed by atoms with E-state index >= 15 is 0 Å². The van der Waals surface area contributed by atoms with Gasteiger partial charge < -0.3 is 15.8 Å². The van der Waals surface area contributed by atoms with Gasteiger partial charge in [-0.1, -0.05) is 6.07 Å². The molecule has 1 aromatic rings. The Morgan fingerprint density at radius 3 is 2.77 bits per heavy atom. The van der Waals surface area contributed by atoms with E-state index in [2.05, 4.69) is 17.4 Å². The van der Waals surface area contributed by atoms with Crippen molar-refractivity contribution in [3.8, 4) is 5.75 Å². The van der Waals surface area contributed by atoms with Crippen LogP contribution >= 0.6 is 0 Å². The molecule has 0 fully saturated rings. The van der Waals surface area contributed by atoms with Gasteiger partial charge in [0.15, 0.2) is 0 Å². The molecule has 0 unspecified atom stereocenters. The Morgan fingerprint density at radius 1 is 1.32 bits per heavy atom. The second-order valence-electron chi connectivity index (χ2n) is 7.18. The normalized spacial score (nSPS) is 20.7. The first kappa shape index (κ1) is 15.3. The largest absolute Gasteiger partial charge is 0.493 e. The Kier molecular flexibility index (Phi) is 4.13. The van der Waals surface area contributed by atoms with Gasteiger partial charge in [-0.05, 0) is 63.1 Å². The molecule has 0 radical (unpaired) electrons. The molecule has 1 aromatic carbocycles. The number of hydrogen-bond acceptors (Lipinski definition) is 3. The Labute approximate surface area is 132 Å². The summed E-state index contributed by atoms with van der Waals surface area (Å²) in [5, 5.41) is 3.55.